The topological polar surface area (TPSA) is 83.1 Å². The van der Waals surface area contributed by atoms with Crippen molar-refractivity contribution in [2.75, 3.05) is 23.7 Å². The van der Waals surface area contributed by atoms with Gasteiger partial charge in [0.15, 0.2) is 5.13 Å². The number of nitrogens with one attached hydrogen (secondary N) is 3. The molecule has 0 saturated carbocycles. The van der Waals surface area contributed by atoms with Crippen molar-refractivity contribution in [3.63, 3.8) is 0 Å². The molecule has 1 aromatic heterocycles. The van der Waals surface area contributed by atoms with Crippen LogP contribution in [0.15, 0.2) is 54.7 Å². The lowest BCUT2D eigenvalue weighted by molar-refractivity contribution is 0.104. The lowest BCUT2D eigenvalue weighted by Gasteiger charge is -2.08. The predicted octanol–water partition coefficient (Wildman–Crippen LogP) is 4.70. The van der Waals surface area contributed by atoms with Crippen molar-refractivity contribution in [1.29, 1.82) is 0 Å². The van der Waals surface area contributed by atoms with Crippen LogP contribution in [0.2, 0.25) is 0 Å². The summed E-state index contributed by atoms with van der Waals surface area (Å²) in [7, 11) is 0. The zero-order valence-electron chi connectivity index (χ0n) is 16.6. The number of benzene rings is 2. The van der Waals surface area contributed by atoms with E-state index in [-0.39, 0.29) is 11.5 Å². The first-order valence-corrected chi connectivity index (χ1v) is 10.5. The Morgan fingerprint density at radius 1 is 1.07 bits per heavy atom. The van der Waals surface area contributed by atoms with Crippen molar-refractivity contribution in [2.24, 2.45) is 0 Å². The Morgan fingerprint density at radius 2 is 1.83 bits per heavy atom. The lowest BCUT2D eigenvalue weighted by atomic mass is 10.0. The van der Waals surface area contributed by atoms with Gasteiger partial charge in [-0.15, -0.1) is 0 Å². The van der Waals surface area contributed by atoms with E-state index in [4.69, 9.17) is 0 Å². The number of aryl methyl sites for hydroxylation is 1. The minimum absolute atomic E-state index is 0.0236. The smallest absolute Gasteiger partial charge is 0.319 e. The summed E-state index contributed by atoms with van der Waals surface area (Å²) in [5, 5.41) is 8.95. The molecule has 0 aliphatic carbocycles. The molecule has 0 aliphatic rings. The fourth-order valence-electron chi connectivity index (χ4n) is 2.86. The molecule has 30 heavy (non-hydrogen) atoms. The lowest BCUT2D eigenvalue weighted by Crippen LogP contribution is -2.30. The summed E-state index contributed by atoms with van der Waals surface area (Å²) < 4.78 is 13.5. The number of urea groups is 1. The van der Waals surface area contributed by atoms with Gasteiger partial charge in [0.25, 0.3) is 0 Å². The molecule has 3 N–H and O–H groups in total. The van der Waals surface area contributed by atoms with E-state index in [9.17, 15) is 14.0 Å². The van der Waals surface area contributed by atoms with Gasteiger partial charge >= 0.3 is 6.03 Å². The maximum atomic E-state index is 13.5. The second-order valence-electron chi connectivity index (χ2n) is 6.51. The number of thiazole rings is 1. The van der Waals surface area contributed by atoms with Gasteiger partial charge in [-0.3, -0.25) is 4.79 Å². The number of hydrogen-bond donors (Lipinski definition) is 3. The number of para-hydroxylation sites is 1. The Bertz CT molecular complexity index is 1020. The van der Waals surface area contributed by atoms with Crippen LogP contribution in [-0.4, -0.2) is 29.9 Å². The first kappa shape index (κ1) is 21.4. The normalized spacial score (nSPS) is 10.5. The van der Waals surface area contributed by atoms with E-state index in [1.54, 1.807) is 18.3 Å². The summed E-state index contributed by atoms with van der Waals surface area (Å²) in [6.45, 7) is 3.01. The Labute approximate surface area is 178 Å². The summed E-state index contributed by atoms with van der Waals surface area (Å²) in [6.07, 6.45) is 3.03. The van der Waals surface area contributed by atoms with E-state index in [0.717, 1.165) is 12.0 Å². The molecule has 2 aromatic carbocycles. The highest BCUT2D eigenvalue weighted by Crippen LogP contribution is 2.23. The molecule has 0 fully saturated rings. The van der Waals surface area contributed by atoms with Gasteiger partial charge in [0.1, 0.15) is 5.82 Å². The molecule has 0 atom stereocenters. The fourth-order valence-corrected chi connectivity index (χ4v) is 3.65. The number of anilines is 2. The van der Waals surface area contributed by atoms with Crippen LogP contribution in [0.3, 0.4) is 0 Å². The van der Waals surface area contributed by atoms with Crippen LogP contribution in [0, 0.1) is 5.82 Å². The first-order chi connectivity index (χ1) is 14.6. The van der Waals surface area contributed by atoms with Crippen LogP contribution < -0.4 is 16.0 Å². The average Bonchev–Trinajstić information content (AvgIpc) is 3.23. The predicted molar refractivity (Wildman–Crippen MR) is 118 cm³/mol. The molecule has 0 spiro atoms. The summed E-state index contributed by atoms with van der Waals surface area (Å²) in [5.74, 6) is -0.505. The number of amides is 2. The summed E-state index contributed by atoms with van der Waals surface area (Å²) in [6, 6.07) is 13.1. The summed E-state index contributed by atoms with van der Waals surface area (Å²) in [4.78, 5) is 29.4. The van der Waals surface area contributed by atoms with Gasteiger partial charge in [0, 0.05) is 18.7 Å². The standard InChI is InChI=1S/C22H23FN4O2S/c1-2-15-8-3-4-9-16(15)20(28)19-14-26-22(30-19)25-13-7-12-24-21(29)27-18-11-6-5-10-17(18)23/h3-6,8-11,14H,2,7,12-13H2,1H3,(H,25,26)(H2,24,27,29). The van der Waals surface area contributed by atoms with E-state index >= 15 is 0 Å². The molecule has 8 heteroatoms. The third-order valence-electron chi connectivity index (χ3n) is 4.41. The van der Waals surface area contributed by atoms with Gasteiger partial charge in [-0.1, -0.05) is 54.7 Å². The quantitative estimate of drug-likeness (QED) is 0.342. The van der Waals surface area contributed by atoms with Crippen LogP contribution in [0.1, 0.15) is 34.1 Å². The average molecular weight is 427 g/mol. The van der Waals surface area contributed by atoms with E-state index in [0.29, 0.717) is 35.1 Å². The molecule has 0 saturated heterocycles. The number of aromatic nitrogens is 1. The van der Waals surface area contributed by atoms with Gasteiger partial charge in [-0.05, 0) is 30.5 Å². The highest BCUT2D eigenvalue weighted by atomic mass is 32.1. The maximum Gasteiger partial charge on any atom is 0.319 e. The number of nitrogens with zero attached hydrogens (tertiary/aromatic N) is 1. The highest BCUT2D eigenvalue weighted by Gasteiger charge is 2.15. The van der Waals surface area contributed by atoms with Crippen LogP contribution in [0.4, 0.5) is 20.0 Å². The SMILES string of the molecule is CCc1ccccc1C(=O)c1cnc(NCCCNC(=O)Nc2ccccc2F)s1. The number of carbonyl (C=O) groups is 2. The fraction of sp³-hybridized carbons (Fsp3) is 0.227. The molecule has 0 bridgehead atoms. The zero-order valence-corrected chi connectivity index (χ0v) is 17.4. The van der Waals surface area contributed by atoms with Crippen LogP contribution in [0.5, 0.6) is 0 Å². The zero-order chi connectivity index (χ0) is 21.3. The molecular formula is C22H23FN4O2S. The van der Waals surface area contributed by atoms with E-state index in [2.05, 4.69) is 20.9 Å². The molecule has 6 nitrogen and oxygen atoms in total. The molecule has 0 radical (unpaired) electrons. The second-order valence-corrected chi connectivity index (χ2v) is 7.54. The number of carbonyl (C=O) groups excluding carboxylic acids is 2. The largest absolute Gasteiger partial charge is 0.361 e. The Balaban J connectivity index is 1.42. The molecule has 2 amide bonds. The van der Waals surface area contributed by atoms with Crippen LogP contribution in [-0.2, 0) is 6.42 Å². The highest BCUT2D eigenvalue weighted by molar-refractivity contribution is 7.17. The van der Waals surface area contributed by atoms with Crippen molar-refractivity contribution in [2.45, 2.75) is 19.8 Å². The molecule has 3 rings (SSSR count). The van der Waals surface area contributed by atoms with Crippen LogP contribution >= 0.6 is 11.3 Å². The first-order valence-electron chi connectivity index (χ1n) is 9.70. The Kier molecular flexibility index (Phi) is 7.51. The monoisotopic (exact) mass is 426 g/mol. The maximum absolute atomic E-state index is 13.5. The summed E-state index contributed by atoms with van der Waals surface area (Å²) >= 11 is 1.31. The molecule has 0 aliphatic heterocycles. The van der Waals surface area contributed by atoms with Gasteiger partial charge in [0.2, 0.25) is 5.78 Å². The van der Waals surface area contributed by atoms with Gasteiger partial charge < -0.3 is 16.0 Å². The number of rotatable bonds is 9. The van der Waals surface area contributed by atoms with E-state index < -0.39 is 11.8 Å². The third kappa shape index (κ3) is 5.64. The van der Waals surface area contributed by atoms with Gasteiger partial charge in [-0.25, -0.2) is 14.2 Å². The van der Waals surface area contributed by atoms with Crippen molar-refractivity contribution in [3.05, 3.63) is 76.5 Å². The van der Waals surface area contributed by atoms with Crippen LogP contribution in [0.25, 0.3) is 0 Å². The number of hydrogen-bond acceptors (Lipinski definition) is 5. The second kappa shape index (κ2) is 10.5. The number of halogens is 1. The Morgan fingerprint density at radius 3 is 2.63 bits per heavy atom. The molecular weight excluding hydrogens is 403 g/mol. The van der Waals surface area contributed by atoms with Crippen molar-refractivity contribution in [3.8, 4) is 0 Å². The van der Waals surface area contributed by atoms with E-state index in [1.807, 2.05) is 31.2 Å². The van der Waals surface area contributed by atoms with Gasteiger partial charge in [0.05, 0.1) is 16.8 Å². The molecule has 0 unspecified atom stereocenters. The van der Waals surface area contributed by atoms with E-state index in [1.165, 1.54) is 23.5 Å². The minimum atomic E-state index is -0.481. The van der Waals surface area contributed by atoms with Crippen molar-refractivity contribution in [1.82, 2.24) is 10.3 Å². The van der Waals surface area contributed by atoms with Gasteiger partial charge in [-0.2, -0.15) is 0 Å². The van der Waals surface area contributed by atoms with Crippen molar-refractivity contribution >= 4 is 34.0 Å². The summed E-state index contributed by atoms with van der Waals surface area (Å²) in [5.41, 5.74) is 1.86. The molecule has 156 valence electrons. The molecule has 3 aromatic rings. The number of ketones is 1. The van der Waals surface area contributed by atoms with Crippen molar-refractivity contribution < 1.29 is 14.0 Å². The Hall–Kier alpha value is -3.26. The third-order valence-corrected chi connectivity index (χ3v) is 5.36. The minimum Gasteiger partial charge on any atom is -0.361 e. The molecule has 1 heterocycles.